The molecule has 0 spiro atoms. The maximum Gasteiger partial charge on any atom is 0 e. The molecule has 0 aromatic heterocycles. The largest absolute Gasteiger partial charge is 0.244 e. The van der Waals surface area contributed by atoms with Gasteiger partial charge in [-0.1, -0.05) is 71.8 Å². The fraction of sp³-hybridized carbons (Fsp3) is 0. The van der Waals surface area contributed by atoms with E-state index in [4.69, 9.17) is 0 Å². The van der Waals surface area contributed by atoms with Gasteiger partial charge in [0.05, 0.1) is 0 Å². The van der Waals surface area contributed by atoms with Gasteiger partial charge in [0.1, 0.15) is 0 Å². The fourth-order valence-corrected chi connectivity index (χ4v) is 1.64. The van der Waals surface area contributed by atoms with E-state index in [0.717, 1.165) is 0 Å². The van der Waals surface area contributed by atoms with Crippen LogP contribution >= 0.6 is 0 Å². The van der Waals surface area contributed by atoms with Crippen LogP contribution in [0.4, 0.5) is 0 Å². The number of hydrogen-bond donors (Lipinski definition) is 0. The molecule has 16 heavy (non-hydrogen) atoms. The molecule has 0 saturated carbocycles. The summed E-state index contributed by atoms with van der Waals surface area (Å²) in [5, 5.41) is 0. The normalized spacial score (nSPS) is 9.00. The minimum absolute atomic E-state index is 0. The van der Waals surface area contributed by atoms with Gasteiger partial charge >= 0.3 is 0 Å². The Morgan fingerprint density at radius 3 is 1.44 bits per heavy atom. The van der Waals surface area contributed by atoms with Crippen molar-refractivity contribution in [3.8, 4) is 0 Å². The van der Waals surface area contributed by atoms with Crippen molar-refractivity contribution >= 4 is 5.57 Å². The van der Waals surface area contributed by atoms with Crippen LogP contribution in [0, 0.1) is 6.92 Å². The van der Waals surface area contributed by atoms with E-state index in [9.17, 15) is 0 Å². The molecule has 0 atom stereocenters. The molecule has 0 aliphatic heterocycles. The van der Waals surface area contributed by atoms with Gasteiger partial charge in [-0.2, -0.15) is 5.57 Å². The van der Waals surface area contributed by atoms with Gasteiger partial charge in [0.15, 0.2) is 0 Å². The summed E-state index contributed by atoms with van der Waals surface area (Å²) in [4.78, 5) is 0. The van der Waals surface area contributed by atoms with Crippen molar-refractivity contribution in [1.29, 1.82) is 0 Å². The number of allylic oxidation sites excluding steroid dienone is 1. The second-order valence-corrected chi connectivity index (χ2v) is 3.35. The second kappa shape index (κ2) is 6.33. The minimum Gasteiger partial charge on any atom is -0.244 e. The molecule has 0 saturated heterocycles. The van der Waals surface area contributed by atoms with Gasteiger partial charge < -0.3 is 0 Å². The van der Waals surface area contributed by atoms with Crippen LogP contribution in [-0.4, -0.2) is 0 Å². The number of rotatable bonds is 2. The van der Waals surface area contributed by atoms with Gasteiger partial charge in [-0.15, -0.1) is 0 Å². The molecule has 0 unspecified atom stereocenters. The monoisotopic (exact) mass is 299 g/mol. The number of benzene rings is 2. The summed E-state index contributed by atoms with van der Waals surface area (Å²) >= 11 is 0. The standard InChI is InChI=1S/C15H13.Pd/c1-2-15(13-9-5-3-6-10-13)14-11-7-4-8-12-14;/h2-12H,1H2;/q-1;. The SMILES string of the molecule is [CH2-]C=C(c1ccccc1)c1ccccc1.[Pd]. The Morgan fingerprint density at radius 1 is 0.750 bits per heavy atom. The summed E-state index contributed by atoms with van der Waals surface area (Å²) in [5.41, 5.74) is 3.59. The zero-order valence-corrected chi connectivity index (χ0v) is 10.4. The third-order valence-corrected chi connectivity index (χ3v) is 2.37. The van der Waals surface area contributed by atoms with Crippen LogP contribution in [0.15, 0.2) is 66.7 Å². The van der Waals surface area contributed by atoms with Crippen molar-refractivity contribution in [3.63, 3.8) is 0 Å². The van der Waals surface area contributed by atoms with E-state index in [2.05, 4.69) is 31.2 Å². The smallest absolute Gasteiger partial charge is 0 e. The van der Waals surface area contributed by atoms with Crippen LogP contribution in [-0.2, 0) is 20.4 Å². The maximum atomic E-state index is 3.88. The Hall–Kier alpha value is -1.29. The Balaban J connectivity index is 0.00000128. The topological polar surface area (TPSA) is 0 Å². The molecule has 0 nitrogen and oxygen atoms in total. The van der Waals surface area contributed by atoms with Gasteiger partial charge in [-0.25, -0.2) is 13.0 Å². The van der Waals surface area contributed by atoms with E-state index in [1.54, 1.807) is 0 Å². The molecule has 0 N–H and O–H groups in total. The Morgan fingerprint density at radius 2 is 1.12 bits per heavy atom. The predicted molar refractivity (Wildman–Crippen MR) is 65.3 cm³/mol. The van der Waals surface area contributed by atoms with E-state index in [1.807, 2.05) is 42.5 Å². The van der Waals surface area contributed by atoms with Crippen LogP contribution in [0.3, 0.4) is 0 Å². The summed E-state index contributed by atoms with van der Waals surface area (Å²) in [7, 11) is 0. The van der Waals surface area contributed by atoms with Crippen molar-refractivity contribution in [2.75, 3.05) is 0 Å². The molecule has 0 bridgehead atoms. The van der Waals surface area contributed by atoms with Crippen LogP contribution in [0.5, 0.6) is 0 Å². The molecule has 84 valence electrons. The van der Waals surface area contributed by atoms with Gasteiger partial charge in [0, 0.05) is 20.4 Å². The average Bonchev–Trinajstić information content (AvgIpc) is 2.33. The third kappa shape index (κ3) is 2.86. The van der Waals surface area contributed by atoms with Gasteiger partial charge in [-0.05, 0) is 0 Å². The van der Waals surface area contributed by atoms with Crippen molar-refractivity contribution in [1.82, 2.24) is 0 Å². The van der Waals surface area contributed by atoms with Crippen molar-refractivity contribution in [2.45, 2.75) is 0 Å². The Bertz CT molecular complexity index is 402. The molecule has 0 heterocycles. The molecule has 1 heteroatoms. The summed E-state index contributed by atoms with van der Waals surface area (Å²) in [5.74, 6) is 0. The molecule has 0 aliphatic carbocycles. The van der Waals surface area contributed by atoms with Crippen LogP contribution in [0.25, 0.3) is 5.57 Å². The predicted octanol–water partition coefficient (Wildman–Crippen LogP) is 3.95. The van der Waals surface area contributed by atoms with E-state index >= 15 is 0 Å². The minimum atomic E-state index is 0. The van der Waals surface area contributed by atoms with E-state index in [0.29, 0.717) is 0 Å². The quantitative estimate of drug-likeness (QED) is 0.582. The summed E-state index contributed by atoms with van der Waals surface area (Å²) < 4.78 is 0. The molecule has 2 aromatic rings. The zero-order chi connectivity index (χ0) is 10.5. The molecule has 0 fully saturated rings. The van der Waals surface area contributed by atoms with Gasteiger partial charge in [0.2, 0.25) is 0 Å². The molecule has 2 aromatic carbocycles. The third-order valence-electron chi connectivity index (χ3n) is 2.37. The number of hydrogen-bond acceptors (Lipinski definition) is 0. The Kier molecular flexibility index (Phi) is 5.06. The van der Waals surface area contributed by atoms with Gasteiger partial charge in [-0.3, -0.25) is 0 Å². The molecular formula is C15H13Pd-. The first-order valence-electron chi connectivity index (χ1n) is 5.02. The molecule has 0 radical (unpaired) electrons. The van der Waals surface area contributed by atoms with Crippen LogP contribution in [0.1, 0.15) is 11.1 Å². The van der Waals surface area contributed by atoms with E-state index in [1.165, 1.54) is 16.7 Å². The van der Waals surface area contributed by atoms with Crippen molar-refractivity contribution in [3.05, 3.63) is 84.8 Å². The second-order valence-electron chi connectivity index (χ2n) is 3.35. The van der Waals surface area contributed by atoms with E-state index < -0.39 is 0 Å². The van der Waals surface area contributed by atoms with Crippen molar-refractivity contribution in [2.24, 2.45) is 0 Å². The summed E-state index contributed by atoms with van der Waals surface area (Å²) in [6.45, 7) is 3.88. The average molecular weight is 300 g/mol. The fourth-order valence-electron chi connectivity index (χ4n) is 1.64. The van der Waals surface area contributed by atoms with E-state index in [-0.39, 0.29) is 20.4 Å². The summed E-state index contributed by atoms with van der Waals surface area (Å²) in [6.07, 6.45) is 1.91. The zero-order valence-electron chi connectivity index (χ0n) is 8.87. The molecule has 0 amide bonds. The Labute approximate surface area is 111 Å². The summed E-state index contributed by atoms with van der Waals surface area (Å²) in [6, 6.07) is 20.6. The molecular weight excluding hydrogens is 287 g/mol. The molecule has 2 rings (SSSR count). The van der Waals surface area contributed by atoms with Crippen LogP contribution in [0.2, 0.25) is 0 Å². The van der Waals surface area contributed by atoms with Crippen LogP contribution < -0.4 is 0 Å². The first kappa shape index (κ1) is 12.8. The van der Waals surface area contributed by atoms with Crippen molar-refractivity contribution < 1.29 is 20.4 Å². The maximum absolute atomic E-state index is 3.88. The first-order chi connectivity index (χ1) is 7.42. The molecule has 0 aliphatic rings. The first-order valence-corrected chi connectivity index (χ1v) is 5.02. The van der Waals surface area contributed by atoms with Gasteiger partial charge in [0.25, 0.3) is 0 Å².